The maximum Gasteiger partial charge on any atom is 0.328 e. The molecule has 1 unspecified atom stereocenters. The van der Waals surface area contributed by atoms with Crippen LogP contribution < -0.4 is 16.0 Å². The molecule has 0 radical (unpaired) electrons. The molecule has 2 heterocycles. The largest absolute Gasteiger partial charge is 0.480 e. The van der Waals surface area contributed by atoms with Gasteiger partial charge in [-0.15, -0.1) is 12.4 Å². The third kappa shape index (κ3) is 8.98. The van der Waals surface area contributed by atoms with Gasteiger partial charge in [0.25, 0.3) is 5.91 Å². The van der Waals surface area contributed by atoms with Crippen LogP contribution in [0.15, 0.2) is 24.3 Å². The minimum absolute atomic E-state index is 0. The molecule has 1 aromatic carbocycles. The van der Waals surface area contributed by atoms with Crippen LogP contribution in [0.3, 0.4) is 0 Å². The quantitative estimate of drug-likeness (QED) is 0.388. The Bertz CT molecular complexity index is 877. The van der Waals surface area contributed by atoms with Gasteiger partial charge < -0.3 is 26.0 Å². The van der Waals surface area contributed by atoms with Crippen molar-refractivity contribution < 1.29 is 24.3 Å². The summed E-state index contributed by atoms with van der Waals surface area (Å²) in [5, 5.41) is 18.3. The van der Waals surface area contributed by atoms with Crippen molar-refractivity contribution in [2.24, 2.45) is 11.8 Å². The summed E-state index contributed by atoms with van der Waals surface area (Å²) in [7, 11) is 0. The van der Waals surface area contributed by atoms with Gasteiger partial charge in [0.15, 0.2) is 0 Å². The van der Waals surface area contributed by atoms with Crippen molar-refractivity contribution in [3.05, 3.63) is 34.9 Å². The molecule has 2 atom stereocenters. The molecule has 194 valence electrons. The number of nitrogens with one attached hydrogen (secondary N) is 3. The van der Waals surface area contributed by atoms with E-state index in [0.29, 0.717) is 36.9 Å². The number of aliphatic carboxylic acids is 1. The number of piperidine rings is 2. The summed E-state index contributed by atoms with van der Waals surface area (Å²) < 4.78 is 0. The summed E-state index contributed by atoms with van der Waals surface area (Å²) >= 11 is 5.81. The van der Waals surface area contributed by atoms with E-state index in [4.69, 9.17) is 11.6 Å². The van der Waals surface area contributed by atoms with Crippen LogP contribution in [-0.4, -0.2) is 72.5 Å². The van der Waals surface area contributed by atoms with Crippen LogP contribution in [0, 0.1) is 11.8 Å². The average Bonchev–Trinajstić information content (AvgIpc) is 2.85. The number of halogens is 2. The Morgan fingerprint density at radius 2 is 1.80 bits per heavy atom. The normalized spacial score (nSPS) is 19.2. The van der Waals surface area contributed by atoms with Gasteiger partial charge in [0.2, 0.25) is 11.8 Å². The standard InChI is InChI=1S/C24H33ClN4O5.ClH/c25-19-6-4-17(5-7-19)23(32)28-20(24(33)34)14-27-22(31)18-2-1-13-29(15-18)21(30)8-3-16-9-11-26-12-10-16;/h4-7,16,18,20,26H,1-3,8-15H2,(H,27,31)(H,28,32)(H,33,34);1H/t18-,20?;/m1./s1. The van der Waals surface area contributed by atoms with E-state index in [9.17, 15) is 24.3 Å². The van der Waals surface area contributed by atoms with E-state index >= 15 is 0 Å². The Morgan fingerprint density at radius 3 is 2.46 bits per heavy atom. The third-order valence-electron chi connectivity index (χ3n) is 6.56. The van der Waals surface area contributed by atoms with Crippen molar-refractivity contribution in [3.63, 3.8) is 0 Å². The lowest BCUT2D eigenvalue weighted by Gasteiger charge is -2.33. The molecule has 2 saturated heterocycles. The van der Waals surface area contributed by atoms with E-state index in [-0.39, 0.29) is 36.3 Å². The molecule has 0 aliphatic carbocycles. The molecular weight excluding hydrogens is 495 g/mol. The molecule has 4 N–H and O–H groups in total. The monoisotopic (exact) mass is 528 g/mol. The first-order valence-corrected chi connectivity index (χ1v) is 12.3. The number of carbonyl (C=O) groups excluding carboxylic acids is 3. The molecule has 2 aliphatic rings. The number of carboxylic acids is 1. The molecule has 3 amide bonds. The number of nitrogens with zero attached hydrogens (tertiary/aromatic N) is 1. The van der Waals surface area contributed by atoms with Crippen molar-refractivity contribution in [1.29, 1.82) is 0 Å². The second kappa shape index (κ2) is 14.3. The Balaban J connectivity index is 0.00000432. The van der Waals surface area contributed by atoms with Gasteiger partial charge in [-0.05, 0) is 75.4 Å². The topological polar surface area (TPSA) is 128 Å². The summed E-state index contributed by atoms with van der Waals surface area (Å²) in [5.74, 6) is -1.86. The fourth-order valence-corrected chi connectivity index (χ4v) is 4.59. The van der Waals surface area contributed by atoms with Gasteiger partial charge in [0.05, 0.1) is 5.92 Å². The summed E-state index contributed by atoms with van der Waals surface area (Å²) in [4.78, 5) is 51.1. The van der Waals surface area contributed by atoms with Crippen LogP contribution in [0.5, 0.6) is 0 Å². The molecule has 0 spiro atoms. The number of amides is 3. The number of likely N-dealkylation sites (tertiary alicyclic amines) is 1. The molecule has 2 fully saturated rings. The summed E-state index contributed by atoms with van der Waals surface area (Å²) in [6.45, 7) is 2.74. The maximum atomic E-state index is 12.7. The van der Waals surface area contributed by atoms with E-state index in [2.05, 4.69) is 16.0 Å². The van der Waals surface area contributed by atoms with Crippen LogP contribution in [-0.2, 0) is 14.4 Å². The fraction of sp³-hybridized carbons (Fsp3) is 0.583. The first-order valence-electron chi connectivity index (χ1n) is 11.9. The average molecular weight is 529 g/mol. The predicted octanol–water partition coefficient (Wildman–Crippen LogP) is 2.08. The van der Waals surface area contributed by atoms with E-state index in [1.165, 1.54) is 24.3 Å². The molecule has 2 aliphatic heterocycles. The molecule has 1 aromatic rings. The zero-order valence-corrected chi connectivity index (χ0v) is 21.2. The highest BCUT2D eigenvalue weighted by atomic mass is 35.5. The zero-order valence-electron chi connectivity index (χ0n) is 19.6. The van der Waals surface area contributed by atoms with Gasteiger partial charge in [0, 0.05) is 36.6 Å². The Kier molecular flexibility index (Phi) is 11.8. The number of carboxylic acid groups (broad SMARTS) is 1. The molecule has 9 nitrogen and oxygen atoms in total. The second-order valence-electron chi connectivity index (χ2n) is 9.03. The smallest absolute Gasteiger partial charge is 0.328 e. The lowest BCUT2D eigenvalue weighted by Crippen LogP contribution is -2.51. The highest BCUT2D eigenvalue weighted by molar-refractivity contribution is 6.30. The van der Waals surface area contributed by atoms with Gasteiger partial charge >= 0.3 is 5.97 Å². The highest BCUT2D eigenvalue weighted by Crippen LogP contribution is 2.21. The van der Waals surface area contributed by atoms with Gasteiger partial charge in [-0.2, -0.15) is 0 Å². The van der Waals surface area contributed by atoms with Gasteiger partial charge in [-0.25, -0.2) is 4.79 Å². The van der Waals surface area contributed by atoms with Crippen LogP contribution in [0.25, 0.3) is 0 Å². The molecule has 0 aromatic heterocycles. The molecular formula is C24H34Cl2N4O5. The SMILES string of the molecule is Cl.O=C(NC(CNC(=O)[C@@H]1CCCN(C(=O)CCC2CCNCC2)C1)C(=O)O)c1ccc(Cl)cc1. The van der Waals surface area contributed by atoms with E-state index in [1.54, 1.807) is 4.90 Å². The molecule has 35 heavy (non-hydrogen) atoms. The van der Waals surface area contributed by atoms with Gasteiger partial charge in [0.1, 0.15) is 6.04 Å². The van der Waals surface area contributed by atoms with Crippen LogP contribution >= 0.6 is 24.0 Å². The third-order valence-corrected chi connectivity index (χ3v) is 6.81. The number of hydrogen-bond acceptors (Lipinski definition) is 5. The highest BCUT2D eigenvalue weighted by Gasteiger charge is 2.30. The van der Waals surface area contributed by atoms with Crippen LogP contribution in [0.4, 0.5) is 0 Å². The second-order valence-corrected chi connectivity index (χ2v) is 9.46. The lowest BCUT2D eigenvalue weighted by molar-refractivity contribution is -0.139. The zero-order chi connectivity index (χ0) is 24.5. The molecule has 0 saturated carbocycles. The first-order chi connectivity index (χ1) is 16.3. The molecule has 0 bridgehead atoms. The summed E-state index contributed by atoms with van der Waals surface area (Å²) in [6.07, 6.45) is 4.93. The number of rotatable bonds is 9. The maximum absolute atomic E-state index is 12.7. The van der Waals surface area contributed by atoms with Crippen molar-refractivity contribution >= 4 is 47.7 Å². The fourth-order valence-electron chi connectivity index (χ4n) is 4.46. The number of hydrogen-bond donors (Lipinski definition) is 4. The van der Waals surface area contributed by atoms with E-state index in [1.807, 2.05) is 0 Å². The van der Waals surface area contributed by atoms with Gasteiger partial charge in [-0.3, -0.25) is 14.4 Å². The van der Waals surface area contributed by atoms with Crippen molar-refractivity contribution in [2.75, 3.05) is 32.7 Å². The van der Waals surface area contributed by atoms with Crippen molar-refractivity contribution in [2.45, 2.75) is 44.6 Å². The number of carbonyl (C=O) groups is 4. The Labute approximate surface area is 216 Å². The minimum Gasteiger partial charge on any atom is -0.480 e. The summed E-state index contributed by atoms with van der Waals surface area (Å²) in [5.41, 5.74) is 0.271. The Hall–Kier alpha value is -2.36. The predicted molar refractivity (Wildman–Crippen MR) is 135 cm³/mol. The van der Waals surface area contributed by atoms with Gasteiger partial charge in [-0.1, -0.05) is 11.6 Å². The van der Waals surface area contributed by atoms with Crippen molar-refractivity contribution in [1.82, 2.24) is 20.9 Å². The summed E-state index contributed by atoms with van der Waals surface area (Å²) in [6, 6.07) is 4.79. The van der Waals surface area contributed by atoms with E-state index < -0.39 is 23.8 Å². The minimum atomic E-state index is -1.28. The van der Waals surface area contributed by atoms with Crippen molar-refractivity contribution in [3.8, 4) is 0 Å². The Morgan fingerprint density at radius 1 is 1.11 bits per heavy atom. The number of benzene rings is 1. The lowest BCUT2D eigenvalue weighted by atomic mass is 9.92. The first kappa shape index (κ1) is 28.9. The molecule has 3 rings (SSSR count). The van der Waals surface area contributed by atoms with Crippen LogP contribution in [0.1, 0.15) is 48.9 Å². The van der Waals surface area contributed by atoms with E-state index in [0.717, 1.165) is 38.8 Å². The van der Waals surface area contributed by atoms with Crippen LogP contribution in [0.2, 0.25) is 5.02 Å². The molecule has 11 heteroatoms.